The second-order valence-corrected chi connectivity index (χ2v) is 6.74. The molecule has 1 amide bonds. The number of anilines is 1. The number of hydrogen-bond donors (Lipinski definition) is 3. The number of amides is 1. The van der Waals surface area contributed by atoms with Crippen LogP contribution in [0.2, 0.25) is 0 Å². The van der Waals surface area contributed by atoms with Gasteiger partial charge in [-0.15, -0.1) is 0 Å². The van der Waals surface area contributed by atoms with E-state index in [0.29, 0.717) is 23.6 Å². The minimum atomic E-state index is -1.21. The number of amidine groups is 1. The highest BCUT2D eigenvalue weighted by Crippen LogP contribution is 2.48. The van der Waals surface area contributed by atoms with Crippen molar-refractivity contribution in [1.29, 1.82) is 0 Å². The fourth-order valence-electron chi connectivity index (χ4n) is 3.20. The van der Waals surface area contributed by atoms with Gasteiger partial charge in [0.25, 0.3) is 0 Å². The van der Waals surface area contributed by atoms with Crippen LogP contribution in [0.5, 0.6) is 0 Å². The molecule has 1 aromatic rings. The molecule has 3 rings (SSSR count). The first-order chi connectivity index (χ1) is 11.5. The highest BCUT2D eigenvalue weighted by atomic mass is 32.2. The van der Waals surface area contributed by atoms with Gasteiger partial charge in [0.15, 0.2) is 5.17 Å². The van der Waals surface area contributed by atoms with Crippen molar-refractivity contribution in [3.05, 3.63) is 29.6 Å². The van der Waals surface area contributed by atoms with E-state index < -0.39 is 17.4 Å². The lowest BCUT2D eigenvalue weighted by atomic mass is 9.78. The van der Waals surface area contributed by atoms with Crippen molar-refractivity contribution in [3.8, 4) is 0 Å². The maximum absolute atomic E-state index is 14.5. The number of nitrogens with zero attached hydrogens (tertiary/aromatic N) is 1. The lowest BCUT2D eigenvalue weighted by Gasteiger charge is -2.36. The summed E-state index contributed by atoms with van der Waals surface area (Å²) in [6.07, 6.45) is -1.46. The topological polar surface area (TPSA) is 106 Å². The molecule has 2 aliphatic heterocycles. The van der Waals surface area contributed by atoms with Crippen LogP contribution in [0, 0.1) is 11.7 Å². The summed E-state index contributed by atoms with van der Waals surface area (Å²) in [5.41, 5.74) is 5.53. The Bertz CT molecular complexity index is 687. The summed E-state index contributed by atoms with van der Waals surface area (Å²) < 4.78 is 25.5. The summed E-state index contributed by atoms with van der Waals surface area (Å²) in [7, 11) is 1.57. The minimum Gasteiger partial charge on any atom is -0.465 e. The standard InChI is InChI=1S/C15H18FN3O4S/c1-22-5-12-10-6-24-13(18-14(20)21)19-15(10,7-23-12)9-4-8(17)2-3-11(9)16/h2-4,10,12H,5-7,17H2,1H3,(H,18,19)(H,20,21)/t10-,12-,15-/m1/s1. The molecule has 0 aromatic heterocycles. The number of fused-ring (bicyclic) bond motifs is 1. The number of nitrogens with one attached hydrogen (secondary N) is 1. The summed E-state index contributed by atoms with van der Waals surface area (Å²) in [6.45, 7) is 0.492. The van der Waals surface area contributed by atoms with Gasteiger partial charge in [0.1, 0.15) is 11.4 Å². The van der Waals surface area contributed by atoms with Gasteiger partial charge in [0, 0.05) is 30.0 Å². The number of carboxylic acid groups (broad SMARTS) is 1. The van der Waals surface area contributed by atoms with E-state index in [4.69, 9.17) is 20.3 Å². The zero-order valence-electron chi connectivity index (χ0n) is 13.0. The molecule has 7 nitrogen and oxygen atoms in total. The highest BCUT2D eigenvalue weighted by Gasteiger charge is 2.54. The van der Waals surface area contributed by atoms with Gasteiger partial charge in [-0.25, -0.2) is 14.2 Å². The predicted octanol–water partition coefficient (Wildman–Crippen LogP) is 1.64. The minimum absolute atomic E-state index is 0.136. The molecule has 2 heterocycles. The Morgan fingerprint density at radius 1 is 1.67 bits per heavy atom. The maximum Gasteiger partial charge on any atom is 0.410 e. The van der Waals surface area contributed by atoms with Crippen LogP contribution < -0.4 is 11.1 Å². The Morgan fingerprint density at radius 3 is 3.17 bits per heavy atom. The molecule has 2 aliphatic rings. The predicted molar refractivity (Wildman–Crippen MR) is 88.6 cm³/mol. The third-order valence-electron chi connectivity index (χ3n) is 4.28. The van der Waals surface area contributed by atoms with Gasteiger partial charge in [-0.1, -0.05) is 11.8 Å². The van der Waals surface area contributed by atoms with Crippen LogP contribution in [0.3, 0.4) is 0 Å². The number of benzene rings is 1. The largest absolute Gasteiger partial charge is 0.465 e. The summed E-state index contributed by atoms with van der Waals surface area (Å²) in [5.74, 6) is -0.0687. The SMILES string of the molecule is COC[C@H]1OC[C@]2(c3cc(N)ccc3F)N=C(NC(=O)O)SC[C@H]12. The summed E-state index contributed by atoms with van der Waals surface area (Å²) >= 11 is 1.27. The molecule has 0 unspecified atom stereocenters. The van der Waals surface area contributed by atoms with E-state index in [0.717, 1.165) is 0 Å². The Balaban J connectivity index is 2.09. The molecule has 3 atom stereocenters. The molecule has 0 spiro atoms. The molecular weight excluding hydrogens is 337 g/mol. The van der Waals surface area contributed by atoms with Crippen LogP contribution in [0.4, 0.5) is 14.9 Å². The first-order valence-electron chi connectivity index (χ1n) is 7.35. The van der Waals surface area contributed by atoms with Gasteiger partial charge in [-0.3, -0.25) is 5.32 Å². The highest BCUT2D eigenvalue weighted by molar-refractivity contribution is 8.13. The van der Waals surface area contributed by atoms with Gasteiger partial charge in [-0.05, 0) is 18.2 Å². The summed E-state index contributed by atoms with van der Waals surface area (Å²) in [6, 6.07) is 4.31. The van der Waals surface area contributed by atoms with Crippen LogP contribution in [0.25, 0.3) is 0 Å². The van der Waals surface area contributed by atoms with Crippen molar-refractivity contribution in [2.75, 3.05) is 31.8 Å². The van der Waals surface area contributed by atoms with Crippen molar-refractivity contribution in [2.24, 2.45) is 10.9 Å². The first-order valence-corrected chi connectivity index (χ1v) is 8.33. The number of nitrogens with two attached hydrogens (primary N) is 1. The van der Waals surface area contributed by atoms with Crippen molar-refractivity contribution in [2.45, 2.75) is 11.6 Å². The molecule has 0 radical (unpaired) electrons. The quantitative estimate of drug-likeness (QED) is 0.712. The van der Waals surface area contributed by atoms with E-state index in [2.05, 4.69) is 10.3 Å². The molecule has 24 heavy (non-hydrogen) atoms. The number of hydrogen-bond acceptors (Lipinski definition) is 6. The fourth-order valence-corrected chi connectivity index (χ4v) is 4.42. The van der Waals surface area contributed by atoms with Gasteiger partial charge < -0.3 is 20.3 Å². The smallest absolute Gasteiger partial charge is 0.410 e. The molecule has 0 aliphatic carbocycles. The molecule has 1 saturated heterocycles. The molecule has 9 heteroatoms. The number of thioether (sulfide) groups is 1. The molecule has 1 fully saturated rings. The molecule has 1 aromatic carbocycles. The molecule has 0 saturated carbocycles. The van der Waals surface area contributed by atoms with E-state index in [-0.39, 0.29) is 23.8 Å². The van der Waals surface area contributed by atoms with Crippen molar-refractivity contribution >= 4 is 28.7 Å². The van der Waals surface area contributed by atoms with Crippen LogP contribution in [-0.4, -0.2) is 48.5 Å². The average molecular weight is 355 g/mol. The van der Waals surface area contributed by atoms with Crippen molar-refractivity contribution < 1.29 is 23.8 Å². The van der Waals surface area contributed by atoms with E-state index in [1.54, 1.807) is 13.2 Å². The normalized spacial score (nSPS) is 29.0. The van der Waals surface area contributed by atoms with Crippen molar-refractivity contribution in [1.82, 2.24) is 5.32 Å². The lowest BCUT2D eigenvalue weighted by Crippen LogP contribution is -2.44. The van der Waals surface area contributed by atoms with Crippen LogP contribution in [-0.2, 0) is 15.0 Å². The maximum atomic E-state index is 14.5. The number of halogens is 1. The van der Waals surface area contributed by atoms with Gasteiger partial charge >= 0.3 is 6.09 Å². The average Bonchev–Trinajstić information content (AvgIpc) is 2.88. The molecule has 0 bridgehead atoms. The Kier molecular flexibility index (Phi) is 4.66. The first kappa shape index (κ1) is 17.0. The molecule has 130 valence electrons. The van der Waals surface area contributed by atoms with Gasteiger partial charge in [0.2, 0.25) is 0 Å². The molecular formula is C15H18FN3O4S. The van der Waals surface area contributed by atoms with Crippen LogP contribution >= 0.6 is 11.8 Å². The number of nitrogen functional groups attached to an aromatic ring is 1. The Hall–Kier alpha value is -1.84. The third-order valence-corrected chi connectivity index (χ3v) is 5.27. The monoisotopic (exact) mass is 355 g/mol. The number of carbonyl (C=O) groups is 1. The summed E-state index contributed by atoms with van der Waals surface area (Å²) in [5, 5.41) is 11.4. The second kappa shape index (κ2) is 6.58. The van der Waals surface area contributed by atoms with Crippen LogP contribution in [0.1, 0.15) is 5.56 Å². The zero-order chi connectivity index (χ0) is 17.3. The Labute approximate surface area is 142 Å². The Morgan fingerprint density at radius 2 is 2.46 bits per heavy atom. The number of ether oxygens (including phenoxy) is 2. The summed E-state index contributed by atoms with van der Waals surface area (Å²) in [4.78, 5) is 15.5. The van der Waals surface area contributed by atoms with E-state index >= 15 is 0 Å². The number of rotatable bonds is 3. The second-order valence-electron chi connectivity index (χ2n) is 5.73. The molecule has 4 N–H and O–H groups in total. The zero-order valence-corrected chi connectivity index (χ0v) is 13.8. The van der Waals surface area contributed by atoms with Gasteiger partial charge in [0.05, 0.1) is 19.3 Å². The van der Waals surface area contributed by atoms with Crippen molar-refractivity contribution in [3.63, 3.8) is 0 Å². The van der Waals surface area contributed by atoms with E-state index in [9.17, 15) is 9.18 Å². The number of methoxy groups -OCH3 is 1. The van der Waals surface area contributed by atoms with E-state index in [1.807, 2.05) is 0 Å². The van der Waals surface area contributed by atoms with E-state index in [1.165, 1.54) is 23.9 Å². The van der Waals surface area contributed by atoms with Crippen LogP contribution in [0.15, 0.2) is 23.2 Å². The van der Waals surface area contributed by atoms with Gasteiger partial charge in [-0.2, -0.15) is 0 Å². The fraction of sp³-hybridized carbons (Fsp3) is 0.467. The number of aliphatic imine (C=N–C) groups is 1. The lowest BCUT2D eigenvalue weighted by molar-refractivity contribution is 0.0240. The third kappa shape index (κ3) is 2.94.